The molecule has 196 valence electrons. The number of rotatable bonds is 10. The molecule has 6 heteroatoms. The Hall–Kier alpha value is -3.12. The van der Waals surface area contributed by atoms with E-state index in [1.807, 2.05) is 54.3 Å². The lowest BCUT2D eigenvalue weighted by atomic mass is 10.00. The van der Waals surface area contributed by atoms with Crippen molar-refractivity contribution in [2.45, 2.75) is 53.0 Å². The smallest absolute Gasteiger partial charge is 0.242 e. The monoisotopic (exact) mass is 518 g/mol. The summed E-state index contributed by atoms with van der Waals surface area (Å²) in [6.07, 6.45) is 2.10. The van der Waals surface area contributed by atoms with Gasteiger partial charge in [0.2, 0.25) is 11.8 Å². The summed E-state index contributed by atoms with van der Waals surface area (Å²) < 4.78 is 6.28. The maximum absolute atomic E-state index is 13.8. The first kappa shape index (κ1) is 26.9. The number of benzene rings is 2. The molecule has 0 N–H and O–H groups in total. The molecule has 0 spiro atoms. The molecular formula is C31H38N2O3S. The highest BCUT2D eigenvalue weighted by molar-refractivity contribution is 7.10. The quantitative estimate of drug-likeness (QED) is 0.331. The molecule has 2 heterocycles. The minimum absolute atomic E-state index is 0.00355. The average Bonchev–Trinajstić information content (AvgIpc) is 3.37. The van der Waals surface area contributed by atoms with E-state index in [4.69, 9.17) is 4.74 Å². The van der Waals surface area contributed by atoms with E-state index in [9.17, 15) is 9.59 Å². The van der Waals surface area contributed by atoms with Crippen molar-refractivity contribution in [2.24, 2.45) is 5.92 Å². The molecule has 2 amide bonds. The maximum atomic E-state index is 13.8. The molecule has 2 atom stereocenters. The first-order chi connectivity index (χ1) is 17.9. The van der Waals surface area contributed by atoms with Crippen LogP contribution in [0.1, 0.15) is 53.4 Å². The van der Waals surface area contributed by atoms with Gasteiger partial charge in [0.15, 0.2) is 0 Å². The van der Waals surface area contributed by atoms with Crippen molar-refractivity contribution in [1.29, 1.82) is 0 Å². The van der Waals surface area contributed by atoms with Gasteiger partial charge in [-0.25, -0.2) is 0 Å². The van der Waals surface area contributed by atoms with Crippen LogP contribution < -0.4 is 4.74 Å². The lowest BCUT2D eigenvalue weighted by Crippen LogP contribution is -2.48. The predicted molar refractivity (Wildman–Crippen MR) is 150 cm³/mol. The third-order valence-electron chi connectivity index (χ3n) is 7.25. The highest BCUT2D eigenvalue weighted by Crippen LogP contribution is 2.34. The number of hydrogen-bond donors (Lipinski definition) is 0. The van der Waals surface area contributed by atoms with Crippen LogP contribution >= 0.6 is 11.3 Å². The molecule has 1 aliphatic rings. The summed E-state index contributed by atoms with van der Waals surface area (Å²) >= 11 is 1.74. The SMILES string of the molecule is CCC(C)CN(CC(=O)N1CCc2sccc2C1COc1ccc(C)cc1C)C(=O)Cc1ccccc1. The first-order valence-corrected chi connectivity index (χ1v) is 14.1. The van der Waals surface area contributed by atoms with Gasteiger partial charge in [0.1, 0.15) is 12.4 Å². The van der Waals surface area contributed by atoms with E-state index in [-0.39, 0.29) is 24.4 Å². The molecular weight excluding hydrogens is 480 g/mol. The zero-order valence-corrected chi connectivity index (χ0v) is 23.2. The molecule has 3 aromatic rings. The second kappa shape index (κ2) is 12.4. The van der Waals surface area contributed by atoms with Crippen LogP contribution in [0.5, 0.6) is 5.75 Å². The minimum Gasteiger partial charge on any atom is -0.491 e. The van der Waals surface area contributed by atoms with Crippen LogP contribution in [0.15, 0.2) is 60.0 Å². The summed E-state index contributed by atoms with van der Waals surface area (Å²) in [5.74, 6) is 1.14. The fourth-order valence-corrected chi connectivity index (χ4v) is 5.83. The highest BCUT2D eigenvalue weighted by Gasteiger charge is 2.33. The fourth-order valence-electron chi connectivity index (χ4n) is 4.90. The number of nitrogens with zero attached hydrogens (tertiary/aromatic N) is 2. The van der Waals surface area contributed by atoms with Gasteiger partial charge < -0.3 is 14.5 Å². The van der Waals surface area contributed by atoms with Crippen molar-refractivity contribution >= 4 is 23.2 Å². The number of ether oxygens (including phenoxy) is 1. The van der Waals surface area contributed by atoms with Crippen LogP contribution in [-0.4, -0.2) is 47.9 Å². The van der Waals surface area contributed by atoms with Crippen molar-refractivity contribution in [2.75, 3.05) is 26.2 Å². The van der Waals surface area contributed by atoms with Crippen LogP contribution in [0.4, 0.5) is 0 Å². The number of thiophene rings is 1. The summed E-state index contributed by atoms with van der Waals surface area (Å²) in [5.41, 5.74) is 4.42. The van der Waals surface area contributed by atoms with Crippen LogP contribution in [0.2, 0.25) is 0 Å². The lowest BCUT2D eigenvalue weighted by Gasteiger charge is -2.37. The Morgan fingerprint density at radius 1 is 1.14 bits per heavy atom. The van der Waals surface area contributed by atoms with E-state index in [1.54, 1.807) is 16.2 Å². The summed E-state index contributed by atoms with van der Waals surface area (Å²) in [5, 5.41) is 2.10. The molecule has 0 fully saturated rings. The van der Waals surface area contributed by atoms with Gasteiger partial charge in [0, 0.05) is 18.0 Å². The van der Waals surface area contributed by atoms with Crippen molar-refractivity contribution in [1.82, 2.24) is 9.80 Å². The van der Waals surface area contributed by atoms with Gasteiger partial charge in [-0.15, -0.1) is 11.3 Å². The lowest BCUT2D eigenvalue weighted by molar-refractivity contribution is -0.143. The Labute approximate surface area is 225 Å². The molecule has 2 aromatic carbocycles. The predicted octanol–water partition coefficient (Wildman–Crippen LogP) is 5.99. The number of aryl methyl sites for hydroxylation is 2. The van der Waals surface area contributed by atoms with Crippen LogP contribution in [-0.2, 0) is 22.4 Å². The molecule has 1 aliphatic heterocycles. The van der Waals surface area contributed by atoms with Gasteiger partial charge in [-0.3, -0.25) is 9.59 Å². The summed E-state index contributed by atoms with van der Waals surface area (Å²) in [4.78, 5) is 32.1. The number of hydrogen-bond acceptors (Lipinski definition) is 4. The van der Waals surface area contributed by atoms with E-state index < -0.39 is 0 Å². The van der Waals surface area contributed by atoms with Crippen LogP contribution in [0, 0.1) is 19.8 Å². The van der Waals surface area contributed by atoms with E-state index in [0.29, 0.717) is 32.0 Å². The number of carbonyl (C=O) groups is 2. The first-order valence-electron chi connectivity index (χ1n) is 13.2. The Morgan fingerprint density at radius 2 is 1.92 bits per heavy atom. The van der Waals surface area contributed by atoms with E-state index in [1.165, 1.54) is 16.0 Å². The molecule has 0 aliphatic carbocycles. The molecule has 0 saturated heterocycles. The summed E-state index contributed by atoms with van der Waals surface area (Å²) in [7, 11) is 0. The molecule has 4 rings (SSSR count). The Morgan fingerprint density at radius 3 is 2.65 bits per heavy atom. The second-order valence-corrected chi connectivity index (χ2v) is 11.2. The minimum atomic E-state index is -0.169. The molecule has 1 aromatic heterocycles. The average molecular weight is 519 g/mol. The van der Waals surface area contributed by atoms with Crippen molar-refractivity contribution in [3.63, 3.8) is 0 Å². The molecule has 0 bridgehead atoms. The Balaban J connectivity index is 1.51. The van der Waals surface area contributed by atoms with Crippen LogP contribution in [0.3, 0.4) is 0 Å². The van der Waals surface area contributed by atoms with Gasteiger partial charge >= 0.3 is 0 Å². The van der Waals surface area contributed by atoms with E-state index in [0.717, 1.165) is 29.7 Å². The van der Waals surface area contributed by atoms with Gasteiger partial charge in [-0.05, 0) is 60.4 Å². The molecule has 0 saturated carbocycles. The fraction of sp³-hybridized carbons (Fsp3) is 0.419. The third-order valence-corrected chi connectivity index (χ3v) is 8.24. The molecule has 37 heavy (non-hydrogen) atoms. The topological polar surface area (TPSA) is 49.9 Å². The van der Waals surface area contributed by atoms with E-state index >= 15 is 0 Å². The molecule has 5 nitrogen and oxygen atoms in total. The largest absolute Gasteiger partial charge is 0.491 e. The van der Waals surface area contributed by atoms with Crippen LogP contribution in [0.25, 0.3) is 0 Å². The normalized spacial score (nSPS) is 15.7. The number of fused-ring (bicyclic) bond motifs is 1. The van der Waals surface area contributed by atoms with Crippen molar-refractivity contribution in [3.8, 4) is 5.75 Å². The number of carbonyl (C=O) groups excluding carboxylic acids is 2. The van der Waals surface area contributed by atoms with Gasteiger partial charge in [0.25, 0.3) is 0 Å². The second-order valence-electron chi connectivity index (χ2n) is 10.2. The molecule has 0 radical (unpaired) electrons. The van der Waals surface area contributed by atoms with Gasteiger partial charge in [0.05, 0.1) is 19.0 Å². The molecule has 2 unspecified atom stereocenters. The standard InChI is InChI=1S/C31H38N2O3S/c1-5-22(2)19-32(30(34)18-25-9-7-6-8-10-25)20-31(35)33-15-13-29-26(14-16-37-29)27(33)21-36-28-12-11-23(3)17-24(28)4/h6-12,14,16-17,22,27H,5,13,15,18-21H2,1-4H3. The van der Waals surface area contributed by atoms with Crippen molar-refractivity contribution < 1.29 is 14.3 Å². The Kier molecular flexibility index (Phi) is 9.04. The zero-order valence-electron chi connectivity index (χ0n) is 22.4. The third kappa shape index (κ3) is 6.80. The van der Waals surface area contributed by atoms with Crippen molar-refractivity contribution in [3.05, 3.63) is 87.1 Å². The summed E-state index contributed by atoms with van der Waals surface area (Å²) in [6.45, 7) is 10.1. The maximum Gasteiger partial charge on any atom is 0.242 e. The van der Waals surface area contributed by atoms with Gasteiger partial charge in [-0.1, -0.05) is 68.3 Å². The Bertz CT molecular complexity index is 1210. The highest BCUT2D eigenvalue weighted by atomic mass is 32.1. The number of amides is 2. The van der Waals surface area contributed by atoms with E-state index in [2.05, 4.69) is 38.3 Å². The summed E-state index contributed by atoms with van der Waals surface area (Å²) in [6, 6.07) is 17.9. The van der Waals surface area contributed by atoms with Gasteiger partial charge in [-0.2, -0.15) is 0 Å². The zero-order chi connectivity index (χ0) is 26.4.